The summed E-state index contributed by atoms with van der Waals surface area (Å²) in [5, 5.41) is 12.0. The SMILES string of the molecule is O=C1c2ccccc2C(=O)c2c(-c3cccs3)ccc(O)c21. The van der Waals surface area contributed by atoms with E-state index in [1.54, 1.807) is 30.3 Å². The molecule has 0 unspecified atom stereocenters. The lowest BCUT2D eigenvalue weighted by atomic mass is 9.81. The maximum atomic E-state index is 12.9. The molecule has 3 aromatic rings. The van der Waals surface area contributed by atoms with Crippen LogP contribution < -0.4 is 0 Å². The summed E-state index contributed by atoms with van der Waals surface area (Å²) in [7, 11) is 0. The van der Waals surface area contributed by atoms with Crippen LogP contribution in [0.15, 0.2) is 53.9 Å². The van der Waals surface area contributed by atoms with Crippen molar-refractivity contribution in [3.05, 3.63) is 76.2 Å². The summed E-state index contributed by atoms with van der Waals surface area (Å²) in [6.45, 7) is 0. The molecule has 0 bridgehead atoms. The van der Waals surface area contributed by atoms with Gasteiger partial charge in [-0.15, -0.1) is 11.3 Å². The van der Waals surface area contributed by atoms with Crippen LogP contribution in [0, 0.1) is 0 Å². The second-order valence-electron chi connectivity index (χ2n) is 5.06. The smallest absolute Gasteiger partial charge is 0.198 e. The predicted molar refractivity (Wildman–Crippen MR) is 84.7 cm³/mol. The van der Waals surface area contributed by atoms with E-state index in [2.05, 4.69) is 0 Å². The number of rotatable bonds is 1. The fourth-order valence-corrected chi connectivity index (χ4v) is 3.60. The van der Waals surface area contributed by atoms with E-state index < -0.39 is 0 Å². The van der Waals surface area contributed by atoms with Gasteiger partial charge in [0.25, 0.3) is 0 Å². The topological polar surface area (TPSA) is 54.4 Å². The Morgan fingerprint density at radius 1 is 0.727 bits per heavy atom. The molecule has 0 fully saturated rings. The Balaban J connectivity index is 2.08. The Labute approximate surface area is 130 Å². The first-order chi connectivity index (χ1) is 10.7. The second kappa shape index (κ2) is 4.64. The number of fused-ring (bicyclic) bond motifs is 2. The Kier molecular flexibility index (Phi) is 2.74. The molecule has 1 heterocycles. The van der Waals surface area contributed by atoms with Gasteiger partial charge in [0.2, 0.25) is 0 Å². The third-order valence-corrected chi connectivity index (χ3v) is 4.74. The molecule has 4 heteroatoms. The molecule has 1 aliphatic carbocycles. The highest BCUT2D eigenvalue weighted by molar-refractivity contribution is 7.13. The molecule has 106 valence electrons. The average Bonchev–Trinajstić information content (AvgIpc) is 3.06. The number of ketones is 2. The number of thiophene rings is 1. The van der Waals surface area contributed by atoms with Crippen molar-refractivity contribution in [3.8, 4) is 16.2 Å². The molecular formula is C18H10O3S. The molecule has 1 aliphatic rings. The van der Waals surface area contributed by atoms with Gasteiger partial charge in [-0.3, -0.25) is 9.59 Å². The van der Waals surface area contributed by atoms with Gasteiger partial charge in [-0.05, 0) is 23.6 Å². The molecule has 0 spiro atoms. The predicted octanol–water partition coefficient (Wildman–Crippen LogP) is 3.90. The van der Waals surface area contributed by atoms with Crippen molar-refractivity contribution >= 4 is 22.9 Å². The third kappa shape index (κ3) is 1.68. The van der Waals surface area contributed by atoms with Crippen LogP contribution in [-0.4, -0.2) is 16.7 Å². The number of carbonyl (C=O) groups excluding carboxylic acids is 2. The lowest BCUT2D eigenvalue weighted by Crippen LogP contribution is -2.21. The number of hydrogen-bond acceptors (Lipinski definition) is 4. The van der Waals surface area contributed by atoms with E-state index in [9.17, 15) is 14.7 Å². The number of benzene rings is 2. The van der Waals surface area contributed by atoms with Crippen molar-refractivity contribution in [1.82, 2.24) is 0 Å². The second-order valence-corrected chi connectivity index (χ2v) is 6.01. The molecule has 3 nitrogen and oxygen atoms in total. The number of phenols is 1. The molecule has 1 aromatic heterocycles. The minimum Gasteiger partial charge on any atom is -0.507 e. The van der Waals surface area contributed by atoms with Gasteiger partial charge in [0.1, 0.15) is 5.75 Å². The van der Waals surface area contributed by atoms with Crippen LogP contribution in [0.3, 0.4) is 0 Å². The zero-order chi connectivity index (χ0) is 15.3. The molecule has 0 radical (unpaired) electrons. The summed E-state index contributed by atoms with van der Waals surface area (Å²) in [5.41, 5.74) is 1.83. The monoisotopic (exact) mass is 306 g/mol. The number of carbonyl (C=O) groups is 2. The van der Waals surface area contributed by atoms with Crippen LogP contribution in [0.2, 0.25) is 0 Å². The van der Waals surface area contributed by atoms with Crippen molar-refractivity contribution in [2.75, 3.05) is 0 Å². The highest BCUT2D eigenvalue weighted by Gasteiger charge is 2.34. The highest BCUT2D eigenvalue weighted by Crippen LogP contribution is 2.39. The molecule has 1 N–H and O–H groups in total. The van der Waals surface area contributed by atoms with Gasteiger partial charge in [0, 0.05) is 27.1 Å². The zero-order valence-corrected chi connectivity index (χ0v) is 12.2. The van der Waals surface area contributed by atoms with Gasteiger partial charge >= 0.3 is 0 Å². The normalized spacial score (nSPS) is 12.9. The van der Waals surface area contributed by atoms with E-state index in [0.29, 0.717) is 22.3 Å². The number of aromatic hydroxyl groups is 1. The van der Waals surface area contributed by atoms with Gasteiger partial charge in [-0.1, -0.05) is 30.3 Å². The minimum absolute atomic E-state index is 0.106. The molecule has 4 rings (SSSR count). The van der Waals surface area contributed by atoms with Crippen molar-refractivity contribution in [1.29, 1.82) is 0 Å². The Bertz CT molecular complexity index is 924. The van der Waals surface area contributed by atoms with Crippen molar-refractivity contribution < 1.29 is 14.7 Å². The summed E-state index contributed by atoms with van der Waals surface area (Å²) in [6.07, 6.45) is 0. The standard InChI is InChI=1S/C18H10O3S/c19-13-8-7-12(14-6-3-9-22-14)15-16(13)18(21)11-5-2-1-4-10(11)17(15)20/h1-9,19H. The van der Waals surface area contributed by atoms with Crippen molar-refractivity contribution in [2.45, 2.75) is 0 Å². The maximum Gasteiger partial charge on any atom is 0.198 e. The lowest BCUT2D eigenvalue weighted by Gasteiger charge is -2.20. The van der Waals surface area contributed by atoms with E-state index in [4.69, 9.17) is 0 Å². The first-order valence-electron chi connectivity index (χ1n) is 6.77. The minimum atomic E-state index is -0.305. The summed E-state index contributed by atoms with van der Waals surface area (Å²) < 4.78 is 0. The Hall–Kier alpha value is -2.72. The number of hydrogen-bond donors (Lipinski definition) is 1. The highest BCUT2D eigenvalue weighted by atomic mass is 32.1. The molecule has 0 aliphatic heterocycles. The zero-order valence-electron chi connectivity index (χ0n) is 11.4. The third-order valence-electron chi connectivity index (χ3n) is 3.84. The molecule has 0 amide bonds. The average molecular weight is 306 g/mol. The Morgan fingerprint density at radius 2 is 1.41 bits per heavy atom. The van der Waals surface area contributed by atoms with Crippen LogP contribution in [0.4, 0.5) is 0 Å². The molecule has 2 aromatic carbocycles. The van der Waals surface area contributed by atoms with Gasteiger partial charge in [-0.25, -0.2) is 0 Å². The number of phenolic OH excluding ortho intramolecular Hbond substituents is 1. The van der Waals surface area contributed by atoms with Crippen LogP contribution in [0.1, 0.15) is 31.8 Å². The molecule has 22 heavy (non-hydrogen) atoms. The van der Waals surface area contributed by atoms with Crippen LogP contribution in [0.25, 0.3) is 10.4 Å². The Morgan fingerprint density at radius 3 is 2.05 bits per heavy atom. The van der Waals surface area contributed by atoms with E-state index in [1.807, 2.05) is 17.5 Å². The van der Waals surface area contributed by atoms with Gasteiger partial charge in [0.15, 0.2) is 11.6 Å². The van der Waals surface area contributed by atoms with Crippen molar-refractivity contribution in [2.24, 2.45) is 0 Å². The molecule has 0 saturated heterocycles. The maximum absolute atomic E-state index is 12.9. The van der Waals surface area contributed by atoms with E-state index in [1.165, 1.54) is 17.4 Å². The lowest BCUT2D eigenvalue weighted by molar-refractivity contribution is 0.0977. The van der Waals surface area contributed by atoms with E-state index in [-0.39, 0.29) is 22.9 Å². The first kappa shape index (κ1) is 13.0. The van der Waals surface area contributed by atoms with Crippen LogP contribution in [0.5, 0.6) is 5.75 Å². The quantitative estimate of drug-likeness (QED) is 0.580. The summed E-state index contributed by atoms with van der Waals surface area (Å²) in [5.74, 6) is -0.672. The largest absolute Gasteiger partial charge is 0.507 e. The summed E-state index contributed by atoms with van der Waals surface area (Å²) >= 11 is 1.49. The fraction of sp³-hybridized carbons (Fsp3) is 0. The van der Waals surface area contributed by atoms with Gasteiger partial charge in [-0.2, -0.15) is 0 Å². The summed E-state index contributed by atoms with van der Waals surface area (Å²) in [6, 6.07) is 13.7. The molecular weight excluding hydrogens is 296 g/mol. The van der Waals surface area contributed by atoms with Crippen LogP contribution in [-0.2, 0) is 0 Å². The van der Waals surface area contributed by atoms with Crippen LogP contribution >= 0.6 is 11.3 Å². The van der Waals surface area contributed by atoms with E-state index in [0.717, 1.165) is 4.88 Å². The molecule has 0 atom stereocenters. The van der Waals surface area contributed by atoms with Gasteiger partial charge in [0.05, 0.1) is 5.56 Å². The summed E-state index contributed by atoms with van der Waals surface area (Å²) in [4.78, 5) is 26.5. The first-order valence-corrected chi connectivity index (χ1v) is 7.64. The fourth-order valence-electron chi connectivity index (χ4n) is 2.84. The van der Waals surface area contributed by atoms with E-state index >= 15 is 0 Å². The molecule has 0 saturated carbocycles. The van der Waals surface area contributed by atoms with Crippen molar-refractivity contribution in [3.63, 3.8) is 0 Å². The van der Waals surface area contributed by atoms with Gasteiger partial charge < -0.3 is 5.11 Å².